The first-order valence-corrected chi connectivity index (χ1v) is 8.23. The van der Waals surface area contributed by atoms with Gasteiger partial charge in [-0.1, -0.05) is 36.4 Å². The molecule has 0 N–H and O–H groups in total. The molecule has 0 unspecified atom stereocenters. The van der Waals surface area contributed by atoms with E-state index in [1.165, 1.54) is 6.92 Å². The van der Waals surface area contributed by atoms with E-state index >= 15 is 0 Å². The van der Waals surface area contributed by atoms with E-state index in [1.807, 2.05) is 67.6 Å². The van der Waals surface area contributed by atoms with Gasteiger partial charge in [-0.05, 0) is 49.2 Å². The zero-order valence-corrected chi connectivity index (χ0v) is 14.6. The van der Waals surface area contributed by atoms with Gasteiger partial charge < -0.3 is 9.64 Å². The number of nitrogens with zero attached hydrogens (tertiary/aromatic N) is 1. The maximum Gasteiger partial charge on any atom is 0.240 e. The van der Waals surface area contributed by atoms with Gasteiger partial charge in [0, 0.05) is 5.69 Å². The number of β-lactam (4-membered cyclic amide) rings is 1. The molecule has 1 fully saturated rings. The summed E-state index contributed by atoms with van der Waals surface area (Å²) >= 11 is 0. The molecule has 3 rings (SSSR count). The Morgan fingerprint density at radius 1 is 1.04 bits per heavy atom. The molecule has 0 saturated carbocycles. The van der Waals surface area contributed by atoms with E-state index in [0.717, 1.165) is 22.6 Å². The van der Waals surface area contributed by atoms with Crippen LogP contribution < -0.4 is 9.64 Å². The third-order valence-electron chi connectivity index (χ3n) is 4.55. The fourth-order valence-corrected chi connectivity index (χ4v) is 3.28. The van der Waals surface area contributed by atoms with Gasteiger partial charge in [-0.25, -0.2) is 0 Å². The van der Waals surface area contributed by atoms with Crippen LogP contribution in [-0.2, 0) is 9.59 Å². The summed E-state index contributed by atoms with van der Waals surface area (Å²) in [6.07, 6.45) is 2.03. The summed E-state index contributed by atoms with van der Waals surface area (Å²) in [6, 6.07) is 17.0. The number of benzene rings is 2. The molecule has 2 aromatic carbocycles. The molecule has 25 heavy (non-hydrogen) atoms. The Bertz CT molecular complexity index is 809. The molecular weight excluding hydrogens is 314 g/mol. The van der Waals surface area contributed by atoms with Crippen LogP contribution in [0.4, 0.5) is 5.69 Å². The van der Waals surface area contributed by atoms with Crippen molar-refractivity contribution < 1.29 is 14.3 Å². The second-order valence-corrected chi connectivity index (χ2v) is 6.24. The minimum Gasteiger partial charge on any atom is -0.497 e. The highest BCUT2D eigenvalue weighted by atomic mass is 16.5. The topological polar surface area (TPSA) is 46.6 Å². The fraction of sp³-hybridized carbons (Fsp3) is 0.238. The molecule has 0 spiro atoms. The molecule has 0 bridgehead atoms. The summed E-state index contributed by atoms with van der Waals surface area (Å²) in [4.78, 5) is 26.3. The quantitative estimate of drug-likeness (QED) is 0.618. The Hall–Kier alpha value is -2.88. The van der Waals surface area contributed by atoms with Crippen molar-refractivity contribution in [3.8, 4) is 5.75 Å². The van der Waals surface area contributed by atoms with Crippen molar-refractivity contribution in [2.45, 2.75) is 19.9 Å². The number of rotatable bonds is 5. The molecule has 128 valence electrons. The van der Waals surface area contributed by atoms with Crippen LogP contribution >= 0.6 is 0 Å². The van der Waals surface area contributed by atoms with Gasteiger partial charge in [-0.3, -0.25) is 9.59 Å². The summed E-state index contributed by atoms with van der Waals surface area (Å²) in [5.74, 6) is -0.126. The average molecular weight is 335 g/mol. The Labute approximate surface area is 147 Å². The van der Waals surface area contributed by atoms with E-state index in [1.54, 1.807) is 12.0 Å². The van der Waals surface area contributed by atoms with E-state index in [2.05, 4.69) is 0 Å². The monoisotopic (exact) mass is 335 g/mol. The van der Waals surface area contributed by atoms with Crippen LogP contribution in [0.1, 0.15) is 19.4 Å². The van der Waals surface area contributed by atoms with Crippen molar-refractivity contribution in [2.24, 2.45) is 5.92 Å². The van der Waals surface area contributed by atoms with Gasteiger partial charge in [-0.15, -0.1) is 0 Å². The Morgan fingerprint density at radius 3 is 2.24 bits per heavy atom. The SMILES string of the molecule is COc1ccc(N2C(=O)[C@H](C(C)=O)[C@H]2/C(C)=C/c2ccccc2)cc1. The lowest BCUT2D eigenvalue weighted by atomic mass is 9.79. The highest BCUT2D eigenvalue weighted by Gasteiger charge is 2.51. The summed E-state index contributed by atoms with van der Waals surface area (Å²) in [7, 11) is 1.60. The maximum absolute atomic E-state index is 12.6. The largest absolute Gasteiger partial charge is 0.497 e. The second-order valence-electron chi connectivity index (χ2n) is 6.24. The van der Waals surface area contributed by atoms with Gasteiger partial charge in [0.1, 0.15) is 17.5 Å². The first-order chi connectivity index (χ1) is 12.0. The molecule has 1 heterocycles. The molecule has 4 nitrogen and oxygen atoms in total. The molecule has 0 aliphatic carbocycles. The zero-order chi connectivity index (χ0) is 18.0. The molecule has 2 aromatic rings. The number of ketones is 1. The third kappa shape index (κ3) is 3.20. The lowest BCUT2D eigenvalue weighted by molar-refractivity contribution is -0.137. The van der Waals surface area contributed by atoms with Crippen LogP contribution in [0.3, 0.4) is 0 Å². The van der Waals surface area contributed by atoms with Gasteiger partial charge in [0.25, 0.3) is 0 Å². The Morgan fingerprint density at radius 2 is 1.68 bits per heavy atom. The van der Waals surface area contributed by atoms with Crippen molar-refractivity contribution in [3.63, 3.8) is 0 Å². The number of carbonyl (C=O) groups excluding carboxylic acids is 2. The average Bonchev–Trinajstić information content (AvgIpc) is 2.60. The molecule has 1 amide bonds. The van der Waals surface area contributed by atoms with Crippen molar-refractivity contribution in [2.75, 3.05) is 12.0 Å². The third-order valence-corrected chi connectivity index (χ3v) is 4.55. The van der Waals surface area contributed by atoms with Crippen LogP contribution in [0.15, 0.2) is 60.2 Å². The van der Waals surface area contributed by atoms with Crippen LogP contribution in [0, 0.1) is 5.92 Å². The van der Waals surface area contributed by atoms with Crippen LogP contribution in [0.5, 0.6) is 5.75 Å². The van der Waals surface area contributed by atoms with Crippen molar-refractivity contribution in [3.05, 3.63) is 65.7 Å². The van der Waals surface area contributed by atoms with E-state index in [9.17, 15) is 9.59 Å². The van der Waals surface area contributed by atoms with Gasteiger partial charge in [-0.2, -0.15) is 0 Å². The predicted molar refractivity (Wildman–Crippen MR) is 98.5 cm³/mol. The van der Waals surface area contributed by atoms with E-state index in [-0.39, 0.29) is 17.7 Å². The number of Topliss-reactive ketones (excluding diaryl/α,β-unsaturated/α-hetero) is 1. The minimum atomic E-state index is -0.609. The fourth-order valence-electron chi connectivity index (χ4n) is 3.28. The molecule has 1 aliphatic rings. The first kappa shape index (κ1) is 17.0. The van der Waals surface area contributed by atoms with Crippen LogP contribution in [0.2, 0.25) is 0 Å². The van der Waals surface area contributed by atoms with E-state index in [4.69, 9.17) is 4.74 Å². The van der Waals surface area contributed by atoms with Crippen molar-refractivity contribution >= 4 is 23.5 Å². The van der Waals surface area contributed by atoms with Crippen molar-refractivity contribution in [1.82, 2.24) is 0 Å². The van der Waals surface area contributed by atoms with E-state index in [0.29, 0.717) is 0 Å². The van der Waals surface area contributed by atoms with Gasteiger partial charge in [0.2, 0.25) is 5.91 Å². The first-order valence-electron chi connectivity index (χ1n) is 8.23. The highest BCUT2D eigenvalue weighted by molar-refractivity contribution is 6.16. The molecule has 1 saturated heterocycles. The highest BCUT2D eigenvalue weighted by Crippen LogP contribution is 2.38. The summed E-state index contributed by atoms with van der Waals surface area (Å²) in [5, 5.41) is 0. The van der Waals surface area contributed by atoms with Gasteiger partial charge in [0.15, 0.2) is 0 Å². The number of anilines is 1. The molecule has 0 radical (unpaired) electrons. The normalized spacial score (nSPS) is 20.2. The standard InChI is InChI=1S/C21H21NO3/c1-14(13-16-7-5-4-6-8-16)20-19(15(2)23)21(24)22(20)17-9-11-18(25-3)12-10-17/h4-13,19-20H,1-3H3/b14-13+/t19-,20-/m1/s1. The number of amides is 1. The number of carbonyl (C=O) groups is 2. The van der Waals surface area contributed by atoms with Crippen LogP contribution in [0.25, 0.3) is 6.08 Å². The zero-order valence-electron chi connectivity index (χ0n) is 14.6. The number of hydrogen-bond acceptors (Lipinski definition) is 3. The number of ether oxygens (including phenoxy) is 1. The molecular formula is C21H21NO3. The van der Waals surface area contributed by atoms with E-state index < -0.39 is 5.92 Å². The molecule has 4 heteroatoms. The smallest absolute Gasteiger partial charge is 0.240 e. The van der Waals surface area contributed by atoms with Gasteiger partial charge >= 0.3 is 0 Å². The number of hydrogen-bond donors (Lipinski definition) is 0. The van der Waals surface area contributed by atoms with Crippen molar-refractivity contribution in [1.29, 1.82) is 0 Å². The van der Waals surface area contributed by atoms with Gasteiger partial charge in [0.05, 0.1) is 13.2 Å². The molecule has 1 aliphatic heterocycles. The number of methoxy groups -OCH3 is 1. The Kier molecular flexibility index (Phi) is 4.70. The summed E-state index contributed by atoms with van der Waals surface area (Å²) in [5.41, 5.74) is 2.81. The van der Waals surface area contributed by atoms with Crippen LogP contribution in [-0.4, -0.2) is 24.8 Å². The molecule has 0 aromatic heterocycles. The predicted octanol–water partition coefficient (Wildman–Crippen LogP) is 3.72. The summed E-state index contributed by atoms with van der Waals surface area (Å²) < 4.78 is 5.17. The lowest BCUT2D eigenvalue weighted by Crippen LogP contribution is -2.64. The minimum absolute atomic E-state index is 0.0967. The Balaban J connectivity index is 1.95. The molecule has 2 atom stereocenters. The maximum atomic E-state index is 12.6. The summed E-state index contributed by atoms with van der Waals surface area (Å²) in [6.45, 7) is 3.45. The second kappa shape index (κ2) is 6.93. The lowest BCUT2D eigenvalue weighted by Gasteiger charge is -2.46.